The van der Waals surface area contributed by atoms with Crippen molar-refractivity contribution in [1.82, 2.24) is 10.0 Å². The van der Waals surface area contributed by atoms with Gasteiger partial charge in [0.25, 0.3) is 0 Å². The van der Waals surface area contributed by atoms with Crippen molar-refractivity contribution in [2.45, 2.75) is 39.0 Å². The molecule has 1 aliphatic heterocycles. The van der Waals surface area contributed by atoms with Gasteiger partial charge in [-0.3, -0.25) is 0 Å². The zero-order chi connectivity index (χ0) is 12.4. The van der Waals surface area contributed by atoms with Gasteiger partial charge in [-0.25, -0.2) is 13.1 Å². The summed E-state index contributed by atoms with van der Waals surface area (Å²) in [6.45, 7) is 4.78. The number of nitrogens with one attached hydrogen (secondary N) is 2. The molecule has 0 radical (unpaired) electrons. The van der Waals surface area contributed by atoms with Crippen molar-refractivity contribution >= 4 is 10.0 Å². The number of hydrogen-bond acceptors (Lipinski definition) is 3. The second-order valence-electron chi connectivity index (χ2n) is 5.93. The van der Waals surface area contributed by atoms with Crippen LogP contribution in [0.2, 0.25) is 0 Å². The maximum absolute atomic E-state index is 11.8. The number of sulfonamides is 1. The van der Waals surface area contributed by atoms with E-state index < -0.39 is 10.0 Å². The summed E-state index contributed by atoms with van der Waals surface area (Å²) in [6.07, 6.45) is 5.39. The van der Waals surface area contributed by atoms with E-state index in [1.165, 1.54) is 12.8 Å². The normalized spacial score (nSPS) is 24.8. The first-order valence-electron chi connectivity index (χ1n) is 6.67. The molecule has 1 saturated heterocycles. The Kier molecular flexibility index (Phi) is 4.10. The van der Waals surface area contributed by atoms with Crippen LogP contribution in [0.1, 0.15) is 39.0 Å². The monoisotopic (exact) mass is 260 g/mol. The highest BCUT2D eigenvalue weighted by atomic mass is 32.2. The van der Waals surface area contributed by atoms with Crippen molar-refractivity contribution in [3.8, 4) is 0 Å². The molecule has 2 N–H and O–H groups in total. The molecule has 5 heteroatoms. The molecule has 2 rings (SSSR count). The molecule has 1 aliphatic carbocycles. The van der Waals surface area contributed by atoms with Crippen LogP contribution in [0.15, 0.2) is 0 Å². The maximum Gasteiger partial charge on any atom is 0.211 e. The van der Waals surface area contributed by atoms with Gasteiger partial charge >= 0.3 is 0 Å². The summed E-state index contributed by atoms with van der Waals surface area (Å²) < 4.78 is 26.4. The van der Waals surface area contributed by atoms with Crippen LogP contribution < -0.4 is 10.0 Å². The molecule has 0 aromatic carbocycles. The van der Waals surface area contributed by atoms with Gasteiger partial charge in [-0.1, -0.05) is 19.8 Å². The smallest absolute Gasteiger partial charge is 0.211 e. The lowest BCUT2D eigenvalue weighted by Gasteiger charge is -2.34. The van der Waals surface area contributed by atoms with Crippen LogP contribution in [0.5, 0.6) is 0 Å². The molecule has 0 amide bonds. The van der Waals surface area contributed by atoms with E-state index in [1.54, 1.807) is 0 Å². The van der Waals surface area contributed by atoms with E-state index in [9.17, 15) is 8.42 Å². The largest absolute Gasteiger partial charge is 0.317 e. The lowest BCUT2D eigenvalue weighted by atomic mass is 9.81. The molecule has 0 aromatic rings. The van der Waals surface area contributed by atoms with E-state index in [0.717, 1.165) is 32.4 Å². The van der Waals surface area contributed by atoms with Crippen molar-refractivity contribution in [1.29, 1.82) is 0 Å². The second kappa shape index (κ2) is 5.24. The van der Waals surface area contributed by atoms with Crippen molar-refractivity contribution in [2.75, 3.05) is 25.4 Å². The molecule has 2 fully saturated rings. The maximum atomic E-state index is 11.8. The molecule has 0 atom stereocenters. The van der Waals surface area contributed by atoms with E-state index in [0.29, 0.717) is 18.2 Å². The third-order valence-electron chi connectivity index (χ3n) is 4.02. The zero-order valence-electron chi connectivity index (χ0n) is 10.7. The number of hydrogen-bond donors (Lipinski definition) is 2. The Labute approximate surface area is 105 Å². The summed E-state index contributed by atoms with van der Waals surface area (Å²) in [5.41, 5.74) is 0.137. The van der Waals surface area contributed by atoms with Crippen molar-refractivity contribution in [3.05, 3.63) is 0 Å². The van der Waals surface area contributed by atoms with Gasteiger partial charge in [0.1, 0.15) is 0 Å². The van der Waals surface area contributed by atoms with Crippen LogP contribution in [0, 0.1) is 11.3 Å². The topological polar surface area (TPSA) is 58.2 Å². The molecule has 0 bridgehead atoms. The molecule has 2 aliphatic rings. The van der Waals surface area contributed by atoms with Crippen LogP contribution in [-0.2, 0) is 10.0 Å². The van der Waals surface area contributed by atoms with Gasteiger partial charge in [0, 0.05) is 6.54 Å². The SMILES string of the molecule is CC1(CNS(=O)(=O)CCC2CC2)CCNCC1. The molecule has 0 unspecified atom stereocenters. The van der Waals surface area contributed by atoms with Gasteiger partial charge in [-0.05, 0) is 43.7 Å². The van der Waals surface area contributed by atoms with Crippen LogP contribution in [0.4, 0.5) is 0 Å². The third-order valence-corrected chi connectivity index (χ3v) is 5.38. The van der Waals surface area contributed by atoms with E-state index in [4.69, 9.17) is 0 Å². The van der Waals surface area contributed by atoms with Gasteiger partial charge in [-0.15, -0.1) is 0 Å². The molecule has 0 aromatic heterocycles. The predicted octanol–water partition coefficient (Wildman–Crippen LogP) is 1.10. The lowest BCUT2D eigenvalue weighted by molar-refractivity contribution is 0.232. The Bertz CT molecular complexity index is 344. The molecular weight excluding hydrogens is 236 g/mol. The minimum Gasteiger partial charge on any atom is -0.317 e. The third kappa shape index (κ3) is 4.56. The van der Waals surface area contributed by atoms with E-state index in [1.807, 2.05) is 0 Å². The summed E-state index contributed by atoms with van der Waals surface area (Å²) in [7, 11) is -3.04. The fourth-order valence-corrected chi connectivity index (χ4v) is 3.65. The molecule has 4 nitrogen and oxygen atoms in total. The average Bonchev–Trinajstić information content (AvgIpc) is 3.09. The number of piperidine rings is 1. The first kappa shape index (κ1) is 13.3. The van der Waals surface area contributed by atoms with Gasteiger partial charge in [0.15, 0.2) is 0 Å². The van der Waals surface area contributed by atoms with Gasteiger partial charge in [0.05, 0.1) is 5.75 Å². The summed E-state index contributed by atoms with van der Waals surface area (Å²) >= 11 is 0. The summed E-state index contributed by atoms with van der Waals surface area (Å²) in [4.78, 5) is 0. The minimum absolute atomic E-state index is 0.137. The minimum atomic E-state index is -3.04. The lowest BCUT2D eigenvalue weighted by Crippen LogP contribution is -2.43. The standard InChI is InChI=1S/C12H24N2O2S/c1-12(5-7-13-8-6-12)10-14-17(15,16)9-4-11-2-3-11/h11,13-14H,2-10H2,1H3. The first-order valence-corrected chi connectivity index (χ1v) is 8.32. The average molecular weight is 260 g/mol. The fourth-order valence-electron chi connectivity index (χ4n) is 2.29. The number of rotatable bonds is 6. The second-order valence-corrected chi connectivity index (χ2v) is 7.86. The highest BCUT2D eigenvalue weighted by molar-refractivity contribution is 7.89. The molecule has 1 saturated carbocycles. The first-order chi connectivity index (χ1) is 7.99. The Morgan fingerprint density at radius 2 is 1.94 bits per heavy atom. The highest BCUT2D eigenvalue weighted by Crippen LogP contribution is 2.32. The predicted molar refractivity (Wildman–Crippen MR) is 69.3 cm³/mol. The quantitative estimate of drug-likeness (QED) is 0.752. The zero-order valence-corrected chi connectivity index (χ0v) is 11.5. The Hall–Kier alpha value is -0.130. The molecule has 1 heterocycles. The van der Waals surface area contributed by atoms with Crippen molar-refractivity contribution in [2.24, 2.45) is 11.3 Å². The summed E-state index contributed by atoms with van der Waals surface area (Å²) in [6, 6.07) is 0. The van der Waals surface area contributed by atoms with E-state index in [-0.39, 0.29) is 5.41 Å². The van der Waals surface area contributed by atoms with Crippen LogP contribution in [0.25, 0.3) is 0 Å². The van der Waals surface area contributed by atoms with Crippen molar-refractivity contribution in [3.63, 3.8) is 0 Å². The van der Waals surface area contributed by atoms with E-state index in [2.05, 4.69) is 17.0 Å². The summed E-state index contributed by atoms with van der Waals surface area (Å²) in [5, 5.41) is 3.31. The Morgan fingerprint density at radius 1 is 1.29 bits per heavy atom. The Morgan fingerprint density at radius 3 is 2.53 bits per heavy atom. The fraction of sp³-hybridized carbons (Fsp3) is 1.00. The van der Waals surface area contributed by atoms with Crippen LogP contribution in [-0.4, -0.2) is 33.8 Å². The van der Waals surface area contributed by atoms with E-state index >= 15 is 0 Å². The van der Waals surface area contributed by atoms with Crippen LogP contribution >= 0.6 is 0 Å². The summed E-state index contributed by atoms with van der Waals surface area (Å²) in [5.74, 6) is 0.993. The Balaban J connectivity index is 1.74. The van der Waals surface area contributed by atoms with Crippen molar-refractivity contribution < 1.29 is 8.42 Å². The molecule has 100 valence electrons. The van der Waals surface area contributed by atoms with Gasteiger partial charge in [-0.2, -0.15) is 0 Å². The molecule has 0 spiro atoms. The molecule has 17 heavy (non-hydrogen) atoms. The van der Waals surface area contributed by atoms with Gasteiger partial charge in [0.2, 0.25) is 10.0 Å². The molecular formula is C12H24N2O2S. The van der Waals surface area contributed by atoms with Crippen LogP contribution in [0.3, 0.4) is 0 Å². The highest BCUT2D eigenvalue weighted by Gasteiger charge is 2.29. The van der Waals surface area contributed by atoms with Gasteiger partial charge < -0.3 is 5.32 Å².